The number of rotatable bonds is 0. The number of hydrogen-bond donors (Lipinski definition) is 0. The molecule has 2 aromatic rings. The fourth-order valence-electron chi connectivity index (χ4n) is 0.893. The normalized spacial score (nSPS) is 10.3. The molecule has 0 atom stereocenters. The molecule has 0 fully saturated rings. The van der Waals surface area contributed by atoms with E-state index >= 15 is 0 Å². The molecule has 0 aliphatic rings. The van der Waals surface area contributed by atoms with Crippen LogP contribution >= 0.6 is 0 Å². The zero-order valence-electron chi connectivity index (χ0n) is 5.52. The summed E-state index contributed by atoms with van der Waals surface area (Å²) in [5.41, 5.74) is 0.898. The number of fused-ring (bicyclic) bond motifs is 1. The Morgan fingerprint density at radius 2 is 2.30 bits per heavy atom. The van der Waals surface area contributed by atoms with Gasteiger partial charge in [0.25, 0.3) is 0 Å². The molecule has 10 heavy (non-hydrogen) atoms. The molecule has 0 radical (unpaired) electrons. The molecule has 0 aliphatic carbocycles. The molecule has 4 nitrogen and oxygen atoms in total. The SMILES string of the molecule is [RaH][c]1cn2cnncc2n1. The van der Waals surface area contributed by atoms with E-state index in [-0.39, 0.29) is 0 Å². The van der Waals surface area contributed by atoms with Crippen molar-refractivity contribution in [3.05, 3.63) is 18.7 Å². The van der Waals surface area contributed by atoms with E-state index in [0.29, 0.717) is 42.8 Å². The minimum absolute atomic E-state index is 0.346. The van der Waals surface area contributed by atoms with Crippen LogP contribution < -0.4 is 0.735 Å². The van der Waals surface area contributed by atoms with Gasteiger partial charge in [-0.25, -0.2) is 0 Å². The molecule has 0 N–H and O–H groups in total. The molecular formula is C5H4N4Ra. The molecule has 2 rings (SSSR count). The molecule has 0 unspecified atom stereocenters. The van der Waals surface area contributed by atoms with Crippen LogP contribution in [-0.4, -0.2) is 19.6 Å². The van der Waals surface area contributed by atoms with E-state index in [0.717, 1.165) is 5.65 Å². The Morgan fingerprint density at radius 1 is 1.40 bits per heavy atom. The van der Waals surface area contributed by atoms with Crippen LogP contribution in [0.15, 0.2) is 18.7 Å². The molecule has 0 aliphatic heterocycles. The van der Waals surface area contributed by atoms with Crippen molar-refractivity contribution in [2.24, 2.45) is 0 Å². The standard InChI is InChI=1S/C5H3N4.Ra.H/c1-2-9-4-8-7-3-5(9)6-1;;/h2-4H;;. The Morgan fingerprint density at radius 3 is 3.10 bits per heavy atom. The van der Waals surface area contributed by atoms with Gasteiger partial charge in [0, 0.05) is 0 Å². The molecule has 0 spiro atoms. The van der Waals surface area contributed by atoms with Crippen LogP contribution in [0.2, 0.25) is 0 Å². The molecule has 2 aromatic heterocycles. The van der Waals surface area contributed by atoms with Crippen LogP contribution in [-0.2, 0) is 0 Å². The third-order valence-electron chi connectivity index (χ3n) is 1.30. The first-order valence-corrected chi connectivity index (χ1v) is 7.09. The van der Waals surface area contributed by atoms with E-state index in [4.69, 9.17) is 0 Å². The summed E-state index contributed by atoms with van der Waals surface area (Å²) in [6.45, 7) is 0. The van der Waals surface area contributed by atoms with Crippen molar-refractivity contribution in [1.29, 1.82) is 0 Å². The van der Waals surface area contributed by atoms with Gasteiger partial charge in [-0.15, -0.1) is 0 Å². The predicted octanol–water partition coefficient (Wildman–Crippen LogP) is -0.969. The summed E-state index contributed by atoms with van der Waals surface area (Å²) in [5.74, 6) is 0. The summed E-state index contributed by atoms with van der Waals surface area (Å²) >= 11 is 0.346. The van der Waals surface area contributed by atoms with Crippen molar-refractivity contribution < 1.29 is 42.8 Å². The average Bonchev–Trinajstić information content (AvgIpc) is 2.27. The van der Waals surface area contributed by atoms with Crippen LogP contribution in [0.25, 0.3) is 5.65 Å². The zero-order chi connectivity index (χ0) is 6.97. The van der Waals surface area contributed by atoms with Crippen LogP contribution in [0, 0.1) is 42.8 Å². The summed E-state index contributed by atoms with van der Waals surface area (Å²) in [6, 6.07) is 0. The van der Waals surface area contributed by atoms with Crippen molar-refractivity contribution in [3.8, 4) is 0 Å². The van der Waals surface area contributed by atoms with E-state index in [1.165, 1.54) is 0.735 Å². The van der Waals surface area contributed by atoms with Gasteiger partial charge < -0.3 is 0 Å². The third-order valence-corrected chi connectivity index (χ3v) is 3.28. The molecule has 46 valence electrons. The Hall–Kier alpha value is 0.0175. The van der Waals surface area contributed by atoms with Crippen molar-refractivity contribution in [2.75, 3.05) is 0 Å². The molecule has 5 heteroatoms. The molecule has 0 saturated carbocycles. The number of nitrogens with zero attached hydrogens (tertiary/aromatic N) is 4. The van der Waals surface area contributed by atoms with Crippen molar-refractivity contribution in [2.45, 2.75) is 0 Å². The summed E-state index contributed by atoms with van der Waals surface area (Å²) in [6.07, 6.45) is 5.35. The number of aromatic nitrogens is 4. The van der Waals surface area contributed by atoms with Crippen LogP contribution in [0.3, 0.4) is 0 Å². The second-order valence-electron chi connectivity index (χ2n) is 2.12. The summed E-state index contributed by atoms with van der Waals surface area (Å²) in [5, 5.41) is 7.44. The molecule has 0 bridgehead atoms. The Balaban J connectivity index is 2.88. The van der Waals surface area contributed by atoms with Gasteiger partial charge in [-0.2, -0.15) is 0 Å². The second kappa shape index (κ2) is 2.57. The summed E-state index contributed by atoms with van der Waals surface area (Å²) in [7, 11) is 0. The van der Waals surface area contributed by atoms with Gasteiger partial charge in [-0.1, -0.05) is 0 Å². The quantitative estimate of drug-likeness (QED) is 0.617. The maximum absolute atomic E-state index is 4.28. The Bertz CT molecular complexity index is 322. The topological polar surface area (TPSA) is 43.1 Å². The van der Waals surface area contributed by atoms with Gasteiger partial charge in [-0.05, 0) is 0 Å². The second-order valence-corrected chi connectivity index (χ2v) is 6.33. The first-order valence-electron chi connectivity index (χ1n) is 2.98. The van der Waals surface area contributed by atoms with Crippen LogP contribution in [0.4, 0.5) is 0 Å². The fraction of sp³-hybridized carbons (Fsp3) is 0. The van der Waals surface area contributed by atoms with E-state index in [1.54, 1.807) is 12.5 Å². The van der Waals surface area contributed by atoms with E-state index < -0.39 is 0 Å². The van der Waals surface area contributed by atoms with Gasteiger partial charge in [0.05, 0.1) is 0 Å². The first kappa shape index (κ1) is 6.71. The fourth-order valence-corrected chi connectivity index (χ4v) is 2.98. The molecule has 0 aromatic carbocycles. The minimum atomic E-state index is 0.346. The summed E-state index contributed by atoms with van der Waals surface area (Å²) in [4.78, 5) is 4.28. The van der Waals surface area contributed by atoms with E-state index in [1.807, 2.05) is 10.6 Å². The first-order chi connectivity index (χ1) is 4.86. The monoisotopic (exact) mass is 346 g/mol. The van der Waals surface area contributed by atoms with Crippen molar-refractivity contribution in [3.63, 3.8) is 0 Å². The third kappa shape index (κ3) is 1.09. The Kier molecular flexibility index (Phi) is 1.72. The molecular weight excluding hydrogens is 342 g/mol. The van der Waals surface area contributed by atoms with Gasteiger partial charge >= 0.3 is 87.5 Å². The van der Waals surface area contributed by atoms with Crippen LogP contribution in [0.1, 0.15) is 0 Å². The van der Waals surface area contributed by atoms with Crippen molar-refractivity contribution in [1.82, 2.24) is 19.6 Å². The van der Waals surface area contributed by atoms with Gasteiger partial charge in [-0.3, -0.25) is 0 Å². The number of imidazole rings is 1. The van der Waals surface area contributed by atoms with Crippen LogP contribution in [0.5, 0.6) is 0 Å². The molecule has 0 saturated heterocycles. The van der Waals surface area contributed by atoms with Crippen molar-refractivity contribution >= 4 is 6.38 Å². The van der Waals surface area contributed by atoms with Gasteiger partial charge in [0.15, 0.2) is 0 Å². The average molecular weight is 346 g/mol. The maximum atomic E-state index is 4.28. The van der Waals surface area contributed by atoms with E-state index in [9.17, 15) is 0 Å². The molecule has 0 amide bonds. The van der Waals surface area contributed by atoms with Gasteiger partial charge in [0.2, 0.25) is 0 Å². The van der Waals surface area contributed by atoms with Gasteiger partial charge in [0.1, 0.15) is 0 Å². The number of hydrogen-bond acceptors (Lipinski definition) is 3. The predicted molar refractivity (Wildman–Crippen MR) is 31.8 cm³/mol. The van der Waals surface area contributed by atoms with E-state index in [2.05, 4.69) is 15.2 Å². The summed E-state index contributed by atoms with van der Waals surface area (Å²) < 4.78 is 3.10. The zero-order valence-corrected chi connectivity index (χ0v) is 13.7. The Labute approximate surface area is 86.4 Å². The molecule has 2 heterocycles.